The first-order valence-electron chi connectivity index (χ1n) is 10.9. The van der Waals surface area contributed by atoms with Gasteiger partial charge in [0.15, 0.2) is 0 Å². The highest BCUT2D eigenvalue weighted by molar-refractivity contribution is 5.75. The number of carbonyl (C=O) groups excluding carboxylic acids is 1. The van der Waals surface area contributed by atoms with Crippen molar-refractivity contribution >= 4 is 11.7 Å². The lowest BCUT2D eigenvalue weighted by molar-refractivity contribution is 0.167. The minimum absolute atomic E-state index is 0.0583. The molecule has 6 nitrogen and oxygen atoms in total. The summed E-state index contributed by atoms with van der Waals surface area (Å²) >= 11 is 0. The molecule has 0 atom stereocenters. The lowest BCUT2D eigenvalue weighted by Crippen LogP contribution is -2.54. The highest BCUT2D eigenvalue weighted by atomic mass is 16.3. The summed E-state index contributed by atoms with van der Waals surface area (Å²) in [6.45, 7) is 8.17. The summed E-state index contributed by atoms with van der Waals surface area (Å²) < 4.78 is 0. The van der Waals surface area contributed by atoms with Crippen LogP contribution in [0.15, 0.2) is 48.5 Å². The zero-order chi connectivity index (χ0) is 20.9. The van der Waals surface area contributed by atoms with Gasteiger partial charge in [0.05, 0.1) is 0 Å². The number of nitrogens with one attached hydrogen (secondary N) is 1. The van der Waals surface area contributed by atoms with E-state index in [2.05, 4.69) is 46.3 Å². The maximum absolute atomic E-state index is 12.7. The molecule has 2 heterocycles. The van der Waals surface area contributed by atoms with Crippen molar-refractivity contribution in [3.05, 3.63) is 59.7 Å². The fourth-order valence-corrected chi connectivity index (χ4v) is 4.39. The Hall–Kier alpha value is -2.73. The van der Waals surface area contributed by atoms with Crippen molar-refractivity contribution in [3.63, 3.8) is 0 Å². The van der Waals surface area contributed by atoms with Crippen LogP contribution in [-0.2, 0) is 6.54 Å². The number of amides is 2. The van der Waals surface area contributed by atoms with Gasteiger partial charge in [0.25, 0.3) is 0 Å². The summed E-state index contributed by atoms with van der Waals surface area (Å²) in [7, 11) is 0. The van der Waals surface area contributed by atoms with Gasteiger partial charge in [-0.3, -0.25) is 4.90 Å². The van der Waals surface area contributed by atoms with Gasteiger partial charge < -0.3 is 20.2 Å². The quantitative estimate of drug-likeness (QED) is 0.816. The fourth-order valence-electron chi connectivity index (χ4n) is 4.39. The lowest BCUT2D eigenvalue weighted by Gasteiger charge is -2.38. The Bertz CT molecular complexity index is 856. The van der Waals surface area contributed by atoms with E-state index in [9.17, 15) is 9.90 Å². The SMILES string of the molecule is Cc1ccccc1CN1CCC(NC(=O)N2CCN(c3cccc(O)c3)CC2)CC1. The van der Waals surface area contributed by atoms with E-state index in [1.54, 1.807) is 12.1 Å². The molecule has 0 aromatic heterocycles. The number of hydrogen-bond donors (Lipinski definition) is 2. The highest BCUT2D eigenvalue weighted by Gasteiger charge is 2.25. The van der Waals surface area contributed by atoms with E-state index in [-0.39, 0.29) is 17.8 Å². The molecule has 4 rings (SSSR count). The van der Waals surface area contributed by atoms with Crippen LogP contribution >= 0.6 is 0 Å². The lowest BCUT2D eigenvalue weighted by atomic mass is 10.0. The van der Waals surface area contributed by atoms with Gasteiger partial charge in [0.2, 0.25) is 0 Å². The summed E-state index contributed by atoms with van der Waals surface area (Å²) in [5.74, 6) is 0.279. The average Bonchev–Trinajstić information content (AvgIpc) is 2.77. The number of hydrogen-bond acceptors (Lipinski definition) is 4. The Morgan fingerprint density at radius 3 is 2.43 bits per heavy atom. The number of piperidine rings is 1. The summed E-state index contributed by atoms with van der Waals surface area (Å²) in [5.41, 5.74) is 3.75. The normalized spacial score (nSPS) is 18.4. The first kappa shape index (κ1) is 20.5. The van der Waals surface area contributed by atoms with Crippen molar-refractivity contribution in [2.45, 2.75) is 32.4 Å². The number of phenolic OH excluding ortho intramolecular Hbond substituents is 1. The Morgan fingerprint density at radius 1 is 1.00 bits per heavy atom. The third kappa shape index (κ3) is 5.05. The van der Waals surface area contributed by atoms with E-state index in [0.29, 0.717) is 13.1 Å². The molecule has 0 saturated carbocycles. The van der Waals surface area contributed by atoms with Crippen molar-refractivity contribution in [1.29, 1.82) is 0 Å². The van der Waals surface area contributed by atoms with Crippen LogP contribution in [0.25, 0.3) is 0 Å². The zero-order valence-electron chi connectivity index (χ0n) is 17.8. The highest BCUT2D eigenvalue weighted by Crippen LogP contribution is 2.21. The second-order valence-corrected chi connectivity index (χ2v) is 8.42. The number of piperazine rings is 1. The Kier molecular flexibility index (Phi) is 6.43. The molecular formula is C24H32N4O2. The van der Waals surface area contributed by atoms with Crippen LogP contribution in [0.5, 0.6) is 5.75 Å². The molecule has 2 aliphatic heterocycles. The number of carbonyl (C=O) groups is 1. The van der Waals surface area contributed by atoms with Crippen molar-refractivity contribution in [2.75, 3.05) is 44.2 Å². The number of anilines is 1. The zero-order valence-corrected chi connectivity index (χ0v) is 17.8. The molecule has 0 unspecified atom stereocenters. The second-order valence-electron chi connectivity index (χ2n) is 8.42. The van der Waals surface area contributed by atoms with Gasteiger partial charge in [-0.15, -0.1) is 0 Å². The molecule has 2 aromatic rings. The number of benzene rings is 2. The van der Waals surface area contributed by atoms with Crippen LogP contribution < -0.4 is 10.2 Å². The first-order chi connectivity index (χ1) is 14.6. The largest absolute Gasteiger partial charge is 0.508 e. The molecule has 0 radical (unpaired) electrons. The topological polar surface area (TPSA) is 59.1 Å². The van der Waals surface area contributed by atoms with Crippen LogP contribution in [-0.4, -0.2) is 66.2 Å². The van der Waals surface area contributed by atoms with Gasteiger partial charge in [0.1, 0.15) is 5.75 Å². The molecule has 2 fully saturated rings. The maximum atomic E-state index is 12.7. The Labute approximate surface area is 179 Å². The summed E-state index contributed by atoms with van der Waals surface area (Å²) in [5, 5.41) is 12.9. The molecule has 2 N–H and O–H groups in total. The van der Waals surface area contributed by atoms with Gasteiger partial charge in [-0.1, -0.05) is 30.3 Å². The van der Waals surface area contributed by atoms with Crippen molar-refractivity contribution in [2.24, 2.45) is 0 Å². The predicted molar refractivity (Wildman–Crippen MR) is 120 cm³/mol. The number of aryl methyl sites for hydroxylation is 1. The number of aromatic hydroxyl groups is 1. The smallest absolute Gasteiger partial charge is 0.317 e. The van der Waals surface area contributed by atoms with E-state index < -0.39 is 0 Å². The molecule has 2 aromatic carbocycles. The van der Waals surface area contributed by atoms with Gasteiger partial charge >= 0.3 is 6.03 Å². The molecule has 6 heteroatoms. The predicted octanol–water partition coefficient (Wildman–Crippen LogP) is 3.20. The molecular weight excluding hydrogens is 376 g/mol. The van der Waals surface area contributed by atoms with Crippen LogP contribution in [0.2, 0.25) is 0 Å². The van der Waals surface area contributed by atoms with Gasteiger partial charge in [-0.25, -0.2) is 4.79 Å². The number of phenols is 1. The molecule has 2 amide bonds. The number of urea groups is 1. The maximum Gasteiger partial charge on any atom is 0.317 e. The summed E-state index contributed by atoms with van der Waals surface area (Å²) in [6, 6.07) is 16.2. The molecule has 30 heavy (non-hydrogen) atoms. The number of likely N-dealkylation sites (tertiary alicyclic amines) is 1. The molecule has 0 spiro atoms. The van der Waals surface area contributed by atoms with Crippen LogP contribution in [0, 0.1) is 6.92 Å². The van der Waals surface area contributed by atoms with E-state index in [0.717, 1.165) is 51.3 Å². The second kappa shape index (κ2) is 9.39. The summed E-state index contributed by atoms with van der Waals surface area (Å²) in [6.07, 6.45) is 2.00. The van der Waals surface area contributed by atoms with E-state index in [4.69, 9.17) is 0 Å². The Balaban J connectivity index is 1.20. The van der Waals surface area contributed by atoms with Gasteiger partial charge in [-0.05, 0) is 43.0 Å². The number of rotatable bonds is 4. The standard InChI is InChI=1S/C24H32N4O2/c1-19-5-2-3-6-20(19)18-26-11-9-21(10-12-26)25-24(30)28-15-13-27(14-16-28)22-7-4-8-23(29)17-22/h2-8,17,21,29H,9-16,18H2,1H3,(H,25,30). The number of nitrogens with zero attached hydrogens (tertiary/aromatic N) is 3. The van der Waals surface area contributed by atoms with Crippen molar-refractivity contribution in [1.82, 2.24) is 15.1 Å². The Morgan fingerprint density at radius 2 is 1.73 bits per heavy atom. The molecule has 2 aliphatic rings. The third-order valence-corrected chi connectivity index (χ3v) is 6.33. The van der Waals surface area contributed by atoms with Crippen LogP contribution in [0.1, 0.15) is 24.0 Å². The van der Waals surface area contributed by atoms with Gasteiger partial charge in [-0.2, -0.15) is 0 Å². The van der Waals surface area contributed by atoms with E-state index in [1.165, 1.54) is 11.1 Å². The molecule has 160 valence electrons. The van der Waals surface area contributed by atoms with Crippen LogP contribution in [0.4, 0.5) is 10.5 Å². The average molecular weight is 409 g/mol. The molecule has 0 aliphatic carbocycles. The van der Waals surface area contributed by atoms with Crippen molar-refractivity contribution in [3.8, 4) is 5.75 Å². The van der Waals surface area contributed by atoms with Crippen molar-refractivity contribution < 1.29 is 9.90 Å². The monoisotopic (exact) mass is 408 g/mol. The van der Waals surface area contributed by atoms with Crippen LogP contribution in [0.3, 0.4) is 0 Å². The summed E-state index contributed by atoms with van der Waals surface area (Å²) in [4.78, 5) is 19.3. The minimum Gasteiger partial charge on any atom is -0.508 e. The molecule has 2 saturated heterocycles. The fraction of sp³-hybridized carbons (Fsp3) is 0.458. The van der Waals surface area contributed by atoms with E-state index in [1.807, 2.05) is 17.0 Å². The third-order valence-electron chi connectivity index (χ3n) is 6.33. The first-order valence-corrected chi connectivity index (χ1v) is 10.9. The molecule has 0 bridgehead atoms. The minimum atomic E-state index is 0.0583. The van der Waals surface area contributed by atoms with E-state index >= 15 is 0 Å². The van der Waals surface area contributed by atoms with Gasteiger partial charge in [0, 0.05) is 63.6 Å².